The van der Waals surface area contributed by atoms with Gasteiger partial charge in [0.1, 0.15) is 11.8 Å². The Hall–Kier alpha value is -1.30. The van der Waals surface area contributed by atoms with Gasteiger partial charge in [0.15, 0.2) is 0 Å². The summed E-state index contributed by atoms with van der Waals surface area (Å²) in [4.78, 5) is 12.3. The lowest BCUT2D eigenvalue weighted by Gasteiger charge is -2.31. The first-order valence-electron chi connectivity index (χ1n) is 7.60. The Balaban J connectivity index is 0.00000176. The van der Waals surface area contributed by atoms with E-state index in [4.69, 9.17) is 9.47 Å². The second-order valence-electron chi connectivity index (χ2n) is 5.62. The lowest BCUT2D eigenvalue weighted by atomic mass is 9.93. The molecular formula is C16H23ClN2O3. The van der Waals surface area contributed by atoms with Crippen LogP contribution in [0.5, 0.6) is 5.75 Å². The number of carbonyl (C=O) groups excluding carboxylic acids is 1. The zero-order chi connectivity index (χ0) is 14.7. The van der Waals surface area contributed by atoms with Crippen LogP contribution >= 0.6 is 12.4 Å². The molecule has 1 fully saturated rings. The number of morpholine rings is 1. The molecule has 1 saturated heterocycles. The van der Waals surface area contributed by atoms with E-state index in [9.17, 15) is 4.79 Å². The Labute approximate surface area is 137 Å². The van der Waals surface area contributed by atoms with E-state index in [1.165, 1.54) is 5.56 Å². The summed E-state index contributed by atoms with van der Waals surface area (Å²) in [6.07, 6.45) is 0.849. The molecule has 1 unspecified atom stereocenters. The van der Waals surface area contributed by atoms with Crippen molar-refractivity contribution in [3.8, 4) is 5.75 Å². The van der Waals surface area contributed by atoms with Crippen LogP contribution in [0, 0.1) is 0 Å². The average molecular weight is 327 g/mol. The normalized spacial score (nSPS) is 27.0. The Morgan fingerprint density at radius 1 is 1.36 bits per heavy atom. The number of rotatable bonds is 3. The highest BCUT2D eigenvalue weighted by Crippen LogP contribution is 2.32. The number of benzene rings is 1. The van der Waals surface area contributed by atoms with Gasteiger partial charge in [-0.25, -0.2) is 0 Å². The van der Waals surface area contributed by atoms with Crippen molar-refractivity contribution >= 4 is 18.3 Å². The van der Waals surface area contributed by atoms with Crippen LogP contribution in [0.1, 0.15) is 24.8 Å². The molecule has 3 atom stereocenters. The summed E-state index contributed by atoms with van der Waals surface area (Å²) in [5.74, 6) is 1.28. The third kappa shape index (κ3) is 3.72. The second-order valence-corrected chi connectivity index (χ2v) is 5.62. The van der Waals surface area contributed by atoms with E-state index in [1.54, 1.807) is 0 Å². The number of para-hydroxylation sites is 1. The van der Waals surface area contributed by atoms with Gasteiger partial charge < -0.3 is 20.1 Å². The monoisotopic (exact) mass is 326 g/mol. The molecule has 0 spiro atoms. The van der Waals surface area contributed by atoms with Gasteiger partial charge in [0, 0.05) is 19.0 Å². The Kier molecular flexibility index (Phi) is 6.06. The van der Waals surface area contributed by atoms with Gasteiger partial charge in [0.25, 0.3) is 0 Å². The van der Waals surface area contributed by atoms with E-state index >= 15 is 0 Å². The number of hydrogen-bond acceptors (Lipinski definition) is 4. The van der Waals surface area contributed by atoms with E-state index in [2.05, 4.69) is 16.7 Å². The maximum atomic E-state index is 12.3. The molecule has 2 heterocycles. The van der Waals surface area contributed by atoms with Gasteiger partial charge >= 0.3 is 0 Å². The van der Waals surface area contributed by atoms with Gasteiger partial charge in [-0.3, -0.25) is 4.79 Å². The summed E-state index contributed by atoms with van der Waals surface area (Å²) in [5, 5.41) is 6.27. The fraction of sp³-hybridized carbons (Fsp3) is 0.562. The van der Waals surface area contributed by atoms with Crippen molar-refractivity contribution in [1.82, 2.24) is 10.6 Å². The highest BCUT2D eigenvalue weighted by atomic mass is 35.5. The summed E-state index contributed by atoms with van der Waals surface area (Å²) in [5.41, 5.74) is 1.19. The van der Waals surface area contributed by atoms with Crippen LogP contribution in [0.15, 0.2) is 24.3 Å². The van der Waals surface area contributed by atoms with Crippen LogP contribution in [0.4, 0.5) is 0 Å². The fourth-order valence-electron chi connectivity index (χ4n) is 2.99. The van der Waals surface area contributed by atoms with Crippen LogP contribution < -0.4 is 15.4 Å². The topological polar surface area (TPSA) is 59.6 Å². The first-order valence-corrected chi connectivity index (χ1v) is 7.60. The molecule has 5 nitrogen and oxygen atoms in total. The lowest BCUT2D eigenvalue weighted by Crippen LogP contribution is -2.55. The summed E-state index contributed by atoms with van der Waals surface area (Å²) < 4.78 is 11.2. The van der Waals surface area contributed by atoms with Crippen molar-refractivity contribution < 1.29 is 14.3 Å². The van der Waals surface area contributed by atoms with Crippen molar-refractivity contribution in [2.75, 3.05) is 26.3 Å². The van der Waals surface area contributed by atoms with Gasteiger partial charge in [-0.2, -0.15) is 0 Å². The number of fused-ring (bicyclic) bond motifs is 1. The standard InChI is InChI=1S/C16H22N2O3.ClH/c1-11-15(17-7-9-20-11)16(19)18-10-12-6-8-21-14-5-3-2-4-13(12)14;/h2-5,11-12,15,17H,6-10H2,1H3,(H,18,19);1H/t11-,12?,15+;/m1./s1. The molecule has 1 aromatic rings. The minimum absolute atomic E-state index is 0. The van der Waals surface area contributed by atoms with E-state index in [1.807, 2.05) is 25.1 Å². The molecule has 2 N–H and O–H groups in total. The molecule has 1 aromatic carbocycles. The predicted octanol–water partition coefficient (Wildman–Crippen LogP) is 1.47. The molecule has 122 valence electrons. The highest BCUT2D eigenvalue weighted by molar-refractivity contribution is 5.85. The molecule has 0 aliphatic carbocycles. The highest BCUT2D eigenvalue weighted by Gasteiger charge is 2.29. The average Bonchev–Trinajstić information content (AvgIpc) is 2.53. The van der Waals surface area contributed by atoms with Gasteiger partial charge in [-0.05, 0) is 25.0 Å². The third-order valence-corrected chi connectivity index (χ3v) is 4.20. The number of halogens is 1. The molecule has 0 aromatic heterocycles. The summed E-state index contributed by atoms with van der Waals surface area (Å²) in [7, 11) is 0. The van der Waals surface area contributed by atoms with Crippen LogP contribution in [-0.4, -0.2) is 44.4 Å². The van der Waals surface area contributed by atoms with Gasteiger partial charge in [0.2, 0.25) is 5.91 Å². The predicted molar refractivity (Wildman–Crippen MR) is 86.8 cm³/mol. The van der Waals surface area contributed by atoms with Crippen molar-refractivity contribution in [2.45, 2.75) is 31.4 Å². The SMILES string of the molecule is C[C@H]1OCCN[C@@H]1C(=O)NCC1CCOc2ccccc21.Cl. The maximum Gasteiger partial charge on any atom is 0.239 e. The Morgan fingerprint density at radius 2 is 2.18 bits per heavy atom. The molecule has 22 heavy (non-hydrogen) atoms. The van der Waals surface area contributed by atoms with Crippen LogP contribution in [0.25, 0.3) is 0 Å². The second kappa shape index (κ2) is 7.81. The quantitative estimate of drug-likeness (QED) is 0.883. The minimum Gasteiger partial charge on any atom is -0.493 e. The zero-order valence-corrected chi connectivity index (χ0v) is 13.5. The zero-order valence-electron chi connectivity index (χ0n) is 12.7. The summed E-state index contributed by atoms with van der Waals surface area (Å²) in [6.45, 7) is 4.67. The van der Waals surface area contributed by atoms with Gasteiger partial charge in [0.05, 0.1) is 19.3 Å². The molecule has 1 amide bonds. The maximum absolute atomic E-state index is 12.3. The van der Waals surface area contributed by atoms with Gasteiger partial charge in [-0.15, -0.1) is 12.4 Å². The third-order valence-electron chi connectivity index (χ3n) is 4.20. The van der Waals surface area contributed by atoms with Crippen LogP contribution in [0.2, 0.25) is 0 Å². The fourth-order valence-corrected chi connectivity index (χ4v) is 2.99. The lowest BCUT2D eigenvalue weighted by molar-refractivity contribution is -0.129. The molecule has 0 radical (unpaired) electrons. The summed E-state index contributed by atoms with van der Waals surface area (Å²) >= 11 is 0. The van der Waals surface area contributed by atoms with Crippen molar-refractivity contribution in [3.63, 3.8) is 0 Å². The number of amides is 1. The number of carbonyl (C=O) groups is 1. The molecule has 3 rings (SSSR count). The number of nitrogens with one attached hydrogen (secondary N) is 2. The van der Waals surface area contributed by atoms with Crippen molar-refractivity contribution in [2.24, 2.45) is 0 Å². The first kappa shape index (κ1) is 17.1. The van der Waals surface area contributed by atoms with Gasteiger partial charge in [-0.1, -0.05) is 18.2 Å². The first-order chi connectivity index (χ1) is 10.3. The molecule has 0 bridgehead atoms. The van der Waals surface area contributed by atoms with Crippen molar-refractivity contribution in [1.29, 1.82) is 0 Å². The Morgan fingerprint density at radius 3 is 3.00 bits per heavy atom. The van der Waals surface area contributed by atoms with E-state index in [0.29, 0.717) is 25.7 Å². The number of hydrogen-bond donors (Lipinski definition) is 2. The molecule has 6 heteroatoms. The molecule has 2 aliphatic heterocycles. The molecular weight excluding hydrogens is 304 g/mol. The number of ether oxygens (including phenoxy) is 2. The van der Waals surface area contributed by atoms with E-state index in [0.717, 1.165) is 18.7 Å². The molecule has 0 saturated carbocycles. The largest absolute Gasteiger partial charge is 0.493 e. The minimum atomic E-state index is -0.256. The Bertz CT molecular complexity index is 512. The smallest absolute Gasteiger partial charge is 0.239 e. The van der Waals surface area contributed by atoms with E-state index in [-0.39, 0.29) is 30.5 Å². The van der Waals surface area contributed by atoms with Crippen LogP contribution in [0.3, 0.4) is 0 Å². The van der Waals surface area contributed by atoms with E-state index < -0.39 is 0 Å². The molecule has 2 aliphatic rings. The summed E-state index contributed by atoms with van der Waals surface area (Å²) in [6, 6.07) is 7.80. The van der Waals surface area contributed by atoms with Crippen LogP contribution in [-0.2, 0) is 9.53 Å². The van der Waals surface area contributed by atoms with Crippen molar-refractivity contribution in [3.05, 3.63) is 29.8 Å².